The number of anilines is 1. The molecule has 7 nitrogen and oxygen atoms in total. The predicted molar refractivity (Wildman–Crippen MR) is 92.2 cm³/mol. The first-order valence-electron chi connectivity index (χ1n) is 7.49. The van der Waals surface area contributed by atoms with Crippen molar-refractivity contribution >= 4 is 30.1 Å². The van der Waals surface area contributed by atoms with Crippen LogP contribution in [-0.4, -0.2) is 39.4 Å². The Hall–Kier alpha value is -2.38. The largest absolute Gasteiger partial charge is 0.478 e. The fourth-order valence-corrected chi connectivity index (χ4v) is 2.69. The van der Waals surface area contributed by atoms with Crippen LogP contribution in [0.2, 0.25) is 0 Å². The molecule has 1 aromatic carbocycles. The monoisotopic (exact) mass is 350 g/mol. The van der Waals surface area contributed by atoms with E-state index in [1.807, 2.05) is 0 Å². The number of benzene rings is 1. The summed E-state index contributed by atoms with van der Waals surface area (Å²) in [6.45, 7) is 2.60. The molecule has 0 spiro atoms. The average molecular weight is 351 g/mol. The Kier molecular flexibility index (Phi) is 5.58. The maximum Gasteiger partial charge on any atom is 0.335 e. The Morgan fingerprint density at radius 3 is 2.79 bits per heavy atom. The highest BCUT2D eigenvalue weighted by Gasteiger charge is 2.22. The molecule has 3 rings (SSSR count). The lowest BCUT2D eigenvalue weighted by atomic mass is 10.1. The molecular weight excluding hydrogens is 332 g/mol. The van der Waals surface area contributed by atoms with Gasteiger partial charge in [-0.25, -0.2) is 9.48 Å². The Morgan fingerprint density at radius 2 is 2.17 bits per heavy atom. The maximum atomic E-state index is 12.0. The fraction of sp³-hybridized carbons (Fsp3) is 0.312. The number of carbonyl (C=O) groups is 2. The van der Waals surface area contributed by atoms with Crippen LogP contribution in [0.3, 0.4) is 0 Å². The first-order valence-corrected chi connectivity index (χ1v) is 7.49. The van der Waals surface area contributed by atoms with E-state index in [9.17, 15) is 9.59 Å². The van der Waals surface area contributed by atoms with Gasteiger partial charge in [-0.15, -0.1) is 12.4 Å². The number of halogens is 1. The van der Waals surface area contributed by atoms with Gasteiger partial charge in [0.15, 0.2) is 5.82 Å². The second-order valence-corrected chi connectivity index (χ2v) is 5.59. The highest BCUT2D eigenvalue weighted by atomic mass is 35.5. The van der Waals surface area contributed by atoms with E-state index in [1.54, 1.807) is 42.1 Å². The van der Waals surface area contributed by atoms with E-state index in [0.29, 0.717) is 11.4 Å². The second-order valence-electron chi connectivity index (χ2n) is 5.59. The molecule has 1 saturated heterocycles. The molecular formula is C16H19ClN4O3. The molecule has 0 unspecified atom stereocenters. The zero-order chi connectivity index (χ0) is 16.4. The molecule has 8 heteroatoms. The molecule has 3 N–H and O–H groups in total. The third-order valence-electron chi connectivity index (χ3n) is 3.92. The minimum atomic E-state index is -0.952. The van der Waals surface area contributed by atoms with E-state index in [4.69, 9.17) is 5.11 Å². The Morgan fingerprint density at radius 1 is 1.38 bits per heavy atom. The molecule has 1 amide bonds. The van der Waals surface area contributed by atoms with Crippen molar-refractivity contribution in [3.8, 4) is 5.69 Å². The van der Waals surface area contributed by atoms with Gasteiger partial charge in [0.25, 0.3) is 0 Å². The maximum absolute atomic E-state index is 12.0. The van der Waals surface area contributed by atoms with Crippen molar-refractivity contribution in [3.05, 3.63) is 41.6 Å². The summed E-state index contributed by atoms with van der Waals surface area (Å²) in [7, 11) is 0. The van der Waals surface area contributed by atoms with E-state index < -0.39 is 5.97 Å². The lowest BCUT2D eigenvalue weighted by Crippen LogP contribution is -2.35. The van der Waals surface area contributed by atoms with Gasteiger partial charge in [0.05, 0.1) is 17.3 Å². The van der Waals surface area contributed by atoms with Crippen LogP contribution in [0, 0.1) is 6.92 Å². The van der Waals surface area contributed by atoms with Crippen LogP contribution in [0.4, 0.5) is 5.82 Å². The van der Waals surface area contributed by atoms with Gasteiger partial charge in [-0.05, 0) is 50.1 Å². The van der Waals surface area contributed by atoms with Gasteiger partial charge < -0.3 is 15.7 Å². The molecule has 1 aromatic heterocycles. The molecule has 2 aromatic rings. The van der Waals surface area contributed by atoms with Gasteiger partial charge >= 0.3 is 5.97 Å². The van der Waals surface area contributed by atoms with Crippen molar-refractivity contribution in [2.24, 2.45) is 0 Å². The molecule has 128 valence electrons. The summed E-state index contributed by atoms with van der Waals surface area (Å²) < 4.78 is 1.61. The highest BCUT2D eigenvalue weighted by molar-refractivity contribution is 5.94. The van der Waals surface area contributed by atoms with Crippen LogP contribution in [-0.2, 0) is 4.79 Å². The first kappa shape index (κ1) is 18.0. The lowest BCUT2D eigenvalue weighted by Gasteiger charge is -2.09. The van der Waals surface area contributed by atoms with Crippen LogP contribution in [0.25, 0.3) is 5.69 Å². The number of carboxylic acid groups (broad SMARTS) is 1. The van der Waals surface area contributed by atoms with E-state index in [1.165, 1.54) is 0 Å². The molecule has 0 saturated carbocycles. The van der Waals surface area contributed by atoms with Crippen LogP contribution in [0.5, 0.6) is 0 Å². The summed E-state index contributed by atoms with van der Waals surface area (Å²) in [4.78, 5) is 23.1. The van der Waals surface area contributed by atoms with Gasteiger partial charge in [-0.3, -0.25) is 4.79 Å². The van der Waals surface area contributed by atoms with Crippen molar-refractivity contribution in [1.82, 2.24) is 15.1 Å². The van der Waals surface area contributed by atoms with E-state index in [-0.39, 0.29) is 29.9 Å². The van der Waals surface area contributed by atoms with Crippen LogP contribution < -0.4 is 10.6 Å². The van der Waals surface area contributed by atoms with E-state index in [0.717, 1.165) is 25.1 Å². The van der Waals surface area contributed by atoms with Crippen molar-refractivity contribution in [3.63, 3.8) is 0 Å². The average Bonchev–Trinajstić information content (AvgIpc) is 3.18. The molecule has 1 aliphatic heterocycles. The number of rotatable bonds is 4. The minimum Gasteiger partial charge on any atom is -0.478 e. The fourth-order valence-electron chi connectivity index (χ4n) is 2.69. The Labute approximate surface area is 145 Å². The van der Waals surface area contributed by atoms with Crippen molar-refractivity contribution in [2.75, 3.05) is 11.9 Å². The van der Waals surface area contributed by atoms with Crippen LogP contribution >= 0.6 is 12.4 Å². The summed E-state index contributed by atoms with van der Waals surface area (Å²) in [5, 5.41) is 19.3. The number of amides is 1. The predicted octanol–water partition coefficient (Wildman–Crippen LogP) is 1.99. The second kappa shape index (κ2) is 7.46. The summed E-state index contributed by atoms with van der Waals surface area (Å²) in [5.41, 5.74) is 1.67. The number of nitrogens with zero attached hydrogens (tertiary/aromatic N) is 2. The summed E-state index contributed by atoms with van der Waals surface area (Å²) in [5.74, 6) is -0.555. The molecule has 2 heterocycles. The quantitative estimate of drug-likeness (QED) is 0.783. The molecule has 0 bridgehead atoms. The molecule has 1 aliphatic rings. The Bertz CT molecular complexity index is 754. The molecule has 1 atom stereocenters. The number of aromatic carboxylic acids is 1. The third kappa shape index (κ3) is 3.74. The standard InChI is InChI=1S/C16H18N4O3.ClH/c1-10-9-11(4-5-12(10)16(22)23)20-8-6-14(19-20)18-15(21)13-3-2-7-17-13;/h4-6,8-9,13,17H,2-3,7H2,1H3,(H,22,23)(H,18,19,21);1H/t13-;/m1./s1. The van der Waals surface area contributed by atoms with Crippen LogP contribution in [0.15, 0.2) is 30.5 Å². The highest BCUT2D eigenvalue weighted by Crippen LogP contribution is 2.16. The third-order valence-corrected chi connectivity index (χ3v) is 3.92. The van der Waals surface area contributed by atoms with Crippen molar-refractivity contribution in [2.45, 2.75) is 25.8 Å². The van der Waals surface area contributed by atoms with Gasteiger partial charge in [-0.2, -0.15) is 5.10 Å². The SMILES string of the molecule is Cc1cc(-n2ccc(NC(=O)[C@H]3CCCN3)n2)ccc1C(=O)O.Cl. The number of carboxylic acids is 1. The van der Waals surface area contributed by atoms with Gasteiger partial charge in [0.2, 0.25) is 5.91 Å². The first-order chi connectivity index (χ1) is 11.0. The van der Waals surface area contributed by atoms with Crippen LogP contribution in [0.1, 0.15) is 28.8 Å². The minimum absolute atomic E-state index is 0. The number of aryl methyl sites for hydroxylation is 1. The van der Waals surface area contributed by atoms with Gasteiger partial charge in [0, 0.05) is 12.3 Å². The van der Waals surface area contributed by atoms with Gasteiger partial charge in [-0.1, -0.05) is 0 Å². The van der Waals surface area contributed by atoms with E-state index in [2.05, 4.69) is 15.7 Å². The Balaban J connectivity index is 0.00000208. The smallest absolute Gasteiger partial charge is 0.335 e. The summed E-state index contributed by atoms with van der Waals surface area (Å²) in [6.07, 6.45) is 3.57. The zero-order valence-corrected chi connectivity index (χ0v) is 14.0. The molecule has 0 aliphatic carbocycles. The summed E-state index contributed by atoms with van der Waals surface area (Å²) in [6, 6.07) is 6.55. The van der Waals surface area contributed by atoms with Crippen molar-refractivity contribution in [1.29, 1.82) is 0 Å². The number of carbonyl (C=O) groups excluding carboxylic acids is 1. The lowest BCUT2D eigenvalue weighted by molar-refractivity contribution is -0.117. The van der Waals surface area contributed by atoms with Crippen molar-refractivity contribution < 1.29 is 14.7 Å². The van der Waals surface area contributed by atoms with E-state index >= 15 is 0 Å². The summed E-state index contributed by atoms with van der Waals surface area (Å²) >= 11 is 0. The topological polar surface area (TPSA) is 96.3 Å². The number of hydrogen-bond donors (Lipinski definition) is 3. The number of aromatic nitrogens is 2. The van der Waals surface area contributed by atoms with Gasteiger partial charge in [0.1, 0.15) is 0 Å². The molecule has 24 heavy (non-hydrogen) atoms. The normalized spacial score (nSPS) is 16.5. The number of nitrogens with one attached hydrogen (secondary N) is 2. The number of hydrogen-bond acceptors (Lipinski definition) is 4. The molecule has 1 fully saturated rings. The molecule has 0 radical (unpaired) electrons. The zero-order valence-electron chi connectivity index (χ0n) is 13.2.